The van der Waals surface area contributed by atoms with Crippen molar-refractivity contribution in [2.45, 2.75) is 90.9 Å². The first kappa shape index (κ1) is 24.6. The first-order chi connectivity index (χ1) is 15.6. The average Bonchev–Trinajstić information content (AvgIpc) is 2.83. The Bertz CT molecular complexity index is 817. The Morgan fingerprint density at radius 1 is 0.812 bits per heavy atom. The van der Waals surface area contributed by atoms with Crippen LogP contribution in [0.3, 0.4) is 0 Å². The second-order valence-corrected chi connectivity index (χ2v) is 9.27. The summed E-state index contributed by atoms with van der Waals surface area (Å²) in [6.45, 7) is 4.74. The quantitative estimate of drug-likeness (QED) is 0.312. The van der Waals surface area contributed by atoms with Crippen LogP contribution in [0.25, 0.3) is 11.3 Å². The molecule has 176 valence electrons. The molecule has 0 bridgehead atoms. The van der Waals surface area contributed by atoms with Gasteiger partial charge in [0.1, 0.15) is 0 Å². The second kappa shape index (κ2) is 12.9. The van der Waals surface area contributed by atoms with Gasteiger partial charge < -0.3 is 4.74 Å². The topological polar surface area (TPSA) is 35.0 Å². The number of nitrogens with zero attached hydrogens (tertiary/aromatic N) is 2. The van der Waals surface area contributed by atoms with Gasteiger partial charge in [-0.25, -0.2) is 4.39 Å². The van der Waals surface area contributed by atoms with Crippen LogP contribution in [0.2, 0.25) is 0 Å². The first-order valence-electron chi connectivity index (χ1n) is 12.6. The standard InChI is InChI=1S/C27H38F2N2O/c1-3-5-7-19-32-25-18-16-23(26(28)27(25)29)24-17-15-22(30-31-24)14-13-21-11-9-20(10-12-21)8-6-4-2/h15-18,20-21H,3-14,19H2,1-2H3. The van der Waals surface area contributed by atoms with E-state index in [1.807, 2.05) is 6.07 Å². The van der Waals surface area contributed by atoms with Crippen LogP contribution in [0.15, 0.2) is 24.3 Å². The van der Waals surface area contributed by atoms with Gasteiger partial charge in [0.25, 0.3) is 0 Å². The highest BCUT2D eigenvalue weighted by molar-refractivity contribution is 5.61. The molecule has 1 aromatic carbocycles. The fourth-order valence-electron chi connectivity index (χ4n) is 4.67. The molecule has 0 atom stereocenters. The van der Waals surface area contributed by atoms with Crippen LogP contribution in [0, 0.1) is 23.5 Å². The van der Waals surface area contributed by atoms with Gasteiger partial charge in [-0.15, -0.1) is 0 Å². The summed E-state index contributed by atoms with van der Waals surface area (Å²) in [6.07, 6.45) is 14.3. The molecular formula is C27H38F2N2O. The van der Waals surface area contributed by atoms with Crippen molar-refractivity contribution in [2.24, 2.45) is 11.8 Å². The second-order valence-electron chi connectivity index (χ2n) is 9.27. The maximum absolute atomic E-state index is 14.6. The molecule has 5 heteroatoms. The molecule has 3 nitrogen and oxygen atoms in total. The zero-order valence-corrected chi connectivity index (χ0v) is 19.7. The predicted molar refractivity (Wildman–Crippen MR) is 126 cm³/mol. The number of rotatable bonds is 12. The van der Waals surface area contributed by atoms with Crippen LogP contribution in [0.4, 0.5) is 8.78 Å². The largest absolute Gasteiger partial charge is 0.490 e. The number of aryl methyl sites for hydroxylation is 1. The molecule has 32 heavy (non-hydrogen) atoms. The minimum atomic E-state index is -0.959. The number of hydrogen-bond donors (Lipinski definition) is 0. The van der Waals surface area contributed by atoms with E-state index in [1.54, 1.807) is 6.07 Å². The van der Waals surface area contributed by atoms with Gasteiger partial charge in [-0.3, -0.25) is 0 Å². The molecule has 1 aliphatic carbocycles. The highest BCUT2D eigenvalue weighted by Crippen LogP contribution is 2.34. The van der Waals surface area contributed by atoms with Crippen LogP contribution in [-0.4, -0.2) is 16.8 Å². The van der Waals surface area contributed by atoms with E-state index in [0.717, 1.165) is 49.6 Å². The van der Waals surface area contributed by atoms with E-state index >= 15 is 0 Å². The summed E-state index contributed by atoms with van der Waals surface area (Å²) in [7, 11) is 0. The third-order valence-corrected chi connectivity index (χ3v) is 6.79. The number of hydrogen-bond acceptors (Lipinski definition) is 3. The summed E-state index contributed by atoms with van der Waals surface area (Å²) in [6, 6.07) is 6.63. The molecular weight excluding hydrogens is 406 g/mol. The molecule has 2 aromatic rings. The number of unbranched alkanes of at least 4 members (excludes halogenated alkanes) is 3. The van der Waals surface area contributed by atoms with Crippen LogP contribution in [0.5, 0.6) is 5.75 Å². The Kier molecular flexibility index (Phi) is 9.89. The summed E-state index contributed by atoms with van der Waals surface area (Å²) < 4.78 is 34.4. The van der Waals surface area contributed by atoms with E-state index in [1.165, 1.54) is 57.1 Å². The van der Waals surface area contributed by atoms with E-state index in [-0.39, 0.29) is 11.3 Å². The Morgan fingerprint density at radius 2 is 1.53 bits per heavy atom. The molecule has 0 aliphatic heterocycles. The Hall–Kier alpha value is -2.04. The number of ether oxygens (including phenoxy) is 1. The molecule has 0 spiro atoms. The maximum Gasteiger partial charge on any atom is 0.201 e. The lowest BCUT2D eigenvalue weighted by Crippen LogP contribution is -2.15. The molecule has 0 radical (unpaired) electrons. The molecule has 3 rings (SSSR count). The minimum Gasteiger partial charge on any atom is -0.490 e. The summed E-state index contributed by atoms with van der Waals surface area (Å²) in [4.78, 5) is 0. The van der Waals surface area contributed by atoms with Crippen LogP contribution in [-0.2, 0) is 6.42 Å². The van der Waals surface area contributed by atoms with Crippen molar-refractivity contribution < 1.29 is 13.5 Å². The maximum atomic E-state index is 14.6. The Morgan fingerprint density at radius 3 is 2.19 bits per heavy atom. The van der Waals surface area contributed by atoms with Gasteiger partial charge in [0.2, 0.25) is 5.82 Å². The Balaban J connectivity index is 1.51. The molecule has 0 unspecified atom stereocenters. The number of halogens is 2. The SMILES string of the molecule is CCCCCOc1ccc(-c2ccc(CCC3CCC(CCCC)CC3)nn2)c(F)c1F. The van der Waals surface area contributed by atoms with E-state index in [4.69, 9.17) is 4.74 Å². The van der Waals surface area contributed by atoms with Crippen molar-refractivity contribution in [3.05, 3.63) is 41.6 Å². The number of benzene rings is 1. The number of aromatic nitrogens is 2. The lowest BCUT2D eigenvalue weighted by atomic mass is 9.78. The zero-order valence-electron chi connectivity index (χ0n) is 19.7. The molecule has 0 saturated heterocycles. The van der Waals surface area contributed by atoms with E-state index in [2.05, 4.69) is 24.0 Å². The van der Waals surface area contributed by atoms with Crippen LogP contribution < -0.4 is 4.74 Å². The van der Waals surface area contributed by atoms with Gasteiger partial charge in [0.05, 0.1) is 18.0 Å². The third kappa shape index (κ3) is 6.98. The van der Waals surface area contributed by atoms with Gasteiger partial charge in [-0.05, 0) is 55.4 Å². The van der Waals surface area contributed by atoms with Crippen molar-refractivity contribution in [3.8, 4) is 17.0 Å². The summed E-state index contributed by atoms with van der Waals surface area (Å²) in [5.74, 6) is -0.241. The highest BCUT2D eigenvalue weighted by Gasteiger charge is 2.21. The van der Waals surface area contributed by atoms with Crippen molar-refractivity contribution in [1.29, 1.82) is 0 Å². The van der Waals surface area contributed by atoms with Gasteiger partial charge in [0, 0.05) is 5.56 Å². The predicted octanol–water partition coefficient (Wildman–Crippen LogP) is 7.92. The fourth-order valence-corrected chi connectivity index (χ4v) is 4.67. The molecule has 1 heterocycles. The molecule has 0 amide bonds. The lowest BCUT2D eigenvalue weighted by Gasteiger charge is -2.28. The van der Waals surface area contributed by atoms with E-state index in [0.29, 0.717) is 12.3 Å². The van der Waals surface area contributed by atoms with Gasteiger partial charge >= 0.3 is 0 Å². The third-order valence-electron chi connectivity index (χ3n) is 6.79. The lowest BCUT2D eigenvalue weighted by molar-refractivity contribution is 0.249. The van der Waals surface area contributed by atoms with E-state index in [9.17, 15) is 8.78 Å². The van der Waals surface area contributed by atoms with Crippen molar-refractivity contribution in [2.75, 3.05) is 6.61 Å². The highest BCUT2D eigenvalue weighted by atomic mass is 19.2. The normalized spacial score (nSPS) is 18.6. The summed E-state index contributed by atoms with van der Waals surface area (Å²) in [5.41, 5.74) is 1.38. The summed E-state index contributed by atoms with van der Waals surface area (Å²) in [5, 5.41) is 8.47. The van der Waals surface area contributed by atoms with Gasteiger partial charge in [0.15, 0.2) is 11.6 Å². The van der Waals surface area contributed by atoms with Crippen LogP contribution >= 0.6 is 0 Å². The molecule has 1 fully saturated rings. The van der Waals surface area contributed by atoms with Gasteiger partial charge in [-0.2, -0.15) is 14.6 Å². The van der Waals surface area contributed by atoms with E-state index < -0.39 is 11.6 Å². The molecule has 1 aliphatic rings. The zero-order chi connectivity index (χ0) is 22.8. The fraction of sp³-hybridized carbons (Fsp3) is 0.630. The molecule has 0 N–H and O–H groups in total. The first-order valence-corrected chi connectivity index (χ1v) is 12.6. The smallest absolute Gasteiger partial charge is 0.201 e. The van der Waals surface area contributed by atoms with Gasteiger partial charge in [-0.1, -0.05) is 71.6 Å². The van der Waals surface area contributed by atoms with Crippen LogP contribution in [0.1, 0.15) is 90.2 Å². The monoisotopic (exact) mass is 444 g/mol. The van der Waals surface area contributed by atoms with Crippen molar-refractivity contribution in [1.82, 2.24) is 10.2 Å². The summed E-state index contributed by atoms with van der Waals surface area (Å²) >= 11 is 0. The molecule has 1 aromatic heterocycles. The van der Waals surface area contributed by atoms with Crippen molar-refractivity contribution in [3.63, 3.8) is 0 Å². The average molecular weight is 445 g/mol. The minimum absolute atomic E-state index is 0.0450. The molecule has 1 saturated carbocycles. The Labute approximate surface area is 192 Å². The van der Waals surface area contributed by atoms with Crippen molar-refractivity contribution >= 4 is 0 Å².